The van der Waals surface area contributed by atoms with E-state index in [-0.39, 0.29) is 12.2 Å². The van der Waals surface area contributed by atoms with Crippen molar-refractivity contribution >= 4 is 33.8 Å². The first-order chi connectivity index (χ1) is 14.9. The van der Waals surface area contributed by atoms with Crippen molar-refractivity contribution in [2.45, 2.75) is 27.4 Å². The summed E-state index contributed by atoms with van der Waals surface area (Å²) in [6, 6.07) is 16.5. The summed E-state index contributed by atoms with van der Waals surface area (Å²) in [5, 5.41) is 9.02. The first-order valence-corrected chi connectivity index (χ1v) is 10.7. The van der Waals surface area contributed by atoms with Gasteiger partial charge in [0.15, 0.2) is 11.5 Å². The monoisotopic (exact) mass is 481 g/mol. The zero-order chi connectivity index (χ0) is 22.4. The zero-order valence-corrected chi connectivity index (χ0v) is 19.3. The molecular formula is C25H24BrNO4. The molecule has 0 aliphatic rings. The fourth-order valence-electron chi connectivity index (χ4n) is 2.92. The zero-order valence-electron chi connectivity index (χ0n) is 17.7. The van der Waals surface area contributed by atoms with Crippen molar-refractivity contribution in [1.29, 1.82) is 0 Å². The predicted octanol–water partition coefficient (Wildman–Crippen LogP) is 6.49. The maximum absolute atomic E-state index is 11.0. The van der Waals surface area contributed by atoms with E-state index in [0.717, 1.165) is 21.3 Å². The number of aliphatic imine (C=N–C) groups is 1. The molecule has 0 atom stereocenters. The standard InChI is InChI=1S/C25H24BrNO4/c1-4-30-23-13-19(14-27-21-10-5-16(2)17(3)11-21)12-22(26)24(23)31-15-18-6-8-20(9-7-18)25(28)29/h5-14H,4,15H2,1-3H3,(H,28,29). The number of carboxylic acids is 1. The van der Waals surface area contributed by atoms with Gasteiger partial charge in [-0.3, -0.25) is 4.99 Å². The Kier molecular flexibility index (Phi) is 7.47. The third kappa shape index (κ3) is 5.95. The van der Waals surface area contributed by atoms with Crippen LogP contribution in [-0.2, 0) is 6.61 Å². The fourth-order valence-corrected chi connectivity index (χ4v) is 3.49. The highest BCUT2D eigenvalue weighted by atomic mass is 79.9. The Morgan fingerprint density at radius 3 is 2.42 bits per heavy atom. The van der Waals surface area contributed by atoms with Gasteiger partial charge in [0.2, 0.25) is 0 Å². The molecule has 160 valence electrons. The van der Waals surface area contributed by atoms with Gasteiger partial charge in [0.1, 0.15) is 6.61 Å². The van der Waals surface area contributed by atoms with E-state index in [4.69, 9.17) is 14.6 Å². The van der Waals surface area contributed by atoms with Crippen LogP contribution in [0.3, 0.4) is 0 Å². The van der Waals surface area contributed by atoms with Crippen LogP contribution < -0.4 is 9.47 Å². The van der Waals surface area contributed by atoms with Crippen molar-refractivity contribution in [3.63, 3.8) is 0 Å². The van der Waals surface area contributed by atoms with Crippen LogP contribution in [0.1, 0.15) is 39.5 Å². The smallest absolute Gasteiger partial charge is 0.335 e. The van der Waals surface area contributed by atoms with Crippen molar-refractivity contribution in [3.8, 4) is 11.5 Å². The van der Waals surface area contributed by atoms with E-state index in [9.17, 15) is 4.79 Å². The van der Waals surface area contributed by atoms with E-state index < -0.39 is 5.97 Å². The normalized spacial score (nSPS) is 11.0. The SMILES string of the molecule is CCOc1cc(C=Nc2ccc(C)c(C)c2)cc(Br)c1OCc1ccc(C(=O)O)cc1. The summed E-state index contributed by atoms with van der Waals surface area (Å²) in [5.41, 5.74) is 5.31. The summed E-state index contributed by atoms with van der Waals surface area (Å²) in [5.74, 6) is 0.250. The number of aryl methyl sites for hydroxylation is 2. The fraction of sp³-hybridized carbons (Fsp3) is 0.200. The molecule has 6 heteroatoms. The van der Waals surface area contributed by atoms with Crippen LogP contribution in [0.4, 0.5) is 5.69 Å². The molecule has 0 bridgehead atoms. The van der Waals surface area contributed by atoms with Gasteiger partial charge in [0.05, 0.1) is 22.3 Å². The molecule has 0 aliphatic carbocycles. The van der Waals surface area contributed by atoms with Crippen LogP contribution in [0, 0.1) is 13.8 Å². The number of halogens is 1. The lowest BCUT2D eigenvalue weighted by atomic mass is 10.1. The third-order valence-corrected chi connectivity index (χ3v) is 5.36. The highest BCUT2D eigenvalue weighted by Crippen LogP contribution is 2.37. The van der Waals surface area contributed by atoms with Gasteiger partial charge in [0, 0.05) is 6.21 Å². The molecule has 0 aromatic heterocycles. The quantitative estimate of drug-likeness (QED) is 0.373. The van der Waals surface area contributed by atoms with Gasteiger partial charge in [-0.1, -0.05) is 18.2 Å². The van der Waals surface area contributed by atoms with Crippen LogP contribution in [0.15, 0.2) is 64.1 Å². The molecule has 0 radical (unpaired) electrons. The van der Waals surface area contributed by atoms with Crippen LogP contribution in [0.25, 0.3) is 0 Å². The molecular weight excluding hydrogens is 458 g/mol. The molecule has 31 heavy (non-hydrogen) atoms. The molecule has 0 fully saturated rings. The summed E-state index contributed by atoms with van der Waals surface area (Å²) in [7, 11) is 0. The summed E-state index contributed by atoms with van der Waals surface area (Å²) in [6.07, 6.45) is 1.80. The Bertz CT molecular complexity index is 1110. The first-order valence-electron chi connectivity index (χ1n) is 9.90. The van der Waals surface area contributed by atoms with Gasteiger partial charge < -0.3 is 14.6 Å². The molecule has 3 rings (SSSR count). The number of aromatic carboxylic acids is 1. The van der Waals surface area contributed by atoms with E-state index in [1.807, 2.05) is 25.1 Å². The highest BCUT2D eigenvalue weighted by Gasteiger charge is 2.12. The molecule has 3 aromatic rings. The lowest BCUT2D eigenvalue weighted by molar-refractivity contribution is 0.0697. The van der Waals surface area contributed by atoms with Gasteiger partial charge in [-0.15, -0.1) is 0 Å². The Hall–Kier alpha value is -3.12. The van der Waals surface area contributed by atoms with Gasteiger partial charge in [0.25, 0.3) is 0 Å². The second-order valence-electron chi connectivity index (χ2n) is 7.08. The summed E-state index contributed by atoms with van der Waals surface area (Å²) >= 11 is 3.58. The van der Waals surface area contributed by atoms with E-state index in [1.165, 1.54) is 11.1 Å². The largest absolute Gasteiger partial charge is 0.490 e. The number of hydrogen-bond acceptors (Lipinski definition) is 4. The van der Waals surface area contributed by atoms with Crippen molar-refractivity contribution < 1.29 is 19.4 Å². The van der Waals surface area contributed by atoms with Crippen molar-refractivity contribution in [1.82, 2.24) is 0 Å². The van der Waals surface area contributed by atoms with E-state index in [0.29, 0.717) is 18.1 Å². The molecule has 0 unspecified atom stereocenters. The van der Waals surface area contributed by atoms with Gasteiger partial charge in [-0.05, 0) is 95.4 Å². The van der Waals surface area contributed by atoms with Crippen molar-refractivity contribution in [2.24, 2.45) is 4.99 Å². The topological polar surface area (TPSA) is 68.1 Å². The Morgan fingerprint density at radius 2 is 1.77 bits per heavy atom. The molecule has 5 nitrogen and oxygen atoms in total. The number of carbonyl (C=O) groups is 1. The lowest BCUT2D eigenvalue weighted by Gasteiger charge is -2.15. The van der Waals surface area contributed by atoms with Crippen LogP contribution in [0.2, 0.25) is 0 Å². The molecule has 0 aliphatic heterocycles. The van der Waals surface area contributed by atoms with Gasteiger partial charge in [-0.25, -0.2) is 4.79 Å². The van der Waals surface area contributed by atoms with Gasteiger partial charge in [-0.2, -0.15) is 0 Å². The number of hydrogen-bond donors (Lipinski definition) is 1. The van der Waals surface area contributed by atoms with Crippen molar-refractivity contribution in [2.75, 3.05) is 6.61 Å². The molecule has 1 N–H and O–H groups in total. The summed E-state index contributed by atoms with van der Waals surface area (Å²) in [4.78, 5) is 15.6. The van der Waals surface area contributed by atoms with Gasteiger partial charge >= 0.3 is 5.97 Å². The second kappa shape index (κ2) is 10.3. The van der Waals surface area contributed by atoms with Crippen LogP contribution in [-0.4, -0.2) is 23.9 Å². The first kappa shape index (κ1) is 22.6. The van der Waals surface area contributed by atoms with E-state index in [2.05, 4.69) is 46.9 Å². The number of rotatable bonds is 8. The van der Waals surface area contributed by atoms with Crippen LogP contribution in [0.5, 0.6) is 11.5 Å². The summed E-state index contributed by atoms with van der Waals surface area (Å²) in [6.45, 7) is 6.84. The highest BCUT2D eigenvalue weighted by molar-refractivity contribution is 9.10. The second-order valence-corrected chi connectivity index (χ2v) is 7.93. The minimum atomic E-state index is -0.952. The average molecular weight is 482 g/mol. The molecule has 0 amide bonds. The number of carboxylic acid groups (broad SMARTS) is 1. The van der Waals surface area contributed by atoms with Crippen LogP contribution >= 0.6 is 15.9 Å². The maximum atomic E-state index is 11.0. The van der Waals surface area contributed by atoms with Crippen molar-refractivity contribution in [3.05, 3.63) is 86.9 Å². The van der Waals surface area contributed by atoms with E-state index >= 15 is 0 Å². The minimum Gasteiger partial charge on any atom is -0.490 e. The molecule has 3 aromatic carbocycles. The molecule has 0 heterocycles. The average Bonchev–Trinajstić information content (AvgIpc) is 2.74. The molecule has 0 saturated heterocycles. The molecule has 0 spiro atoms. The minimum absolute atomic E-state index is 0.243. The number of nitrogens with zero attached hydrogens (tertiary/aromatic N) is 1. The predicted molar refractivity (Wildman–Crippen MR) is 126 cm³/mol. The number of benzene rings is 3. The van der Waals surface area contributed by atoms with E-state index in [1.54, 1.807) is 30.5 Å². The Labute approximate surface area is 190 Å². The Balaban J connectivity index is 1.80. The Morgan fingerprint density at radius 1 is 1.03 bits per heavy atom. The third-order valence-electron chi connectivity index (χ3n) is 4.77. The molecule has 0 saturated carbocycles. The number of ether oxygens (including phenoxy) is 2. The summed E-state index contributed by atoms with van der Waals surface area (Å²) < 4.78 is 12.5. The maximum Gasteiger partial charge on any atom is 0.335 e. The lowest BCUT2D eigenvalue weighted by Crippen LogP contribution is -2.02.